The fraction of sp³-hybridized carbons (Fsp3) is 0.464. The van der Waals surface area contributed by atoms with Crippen LogP contribution in [0.25, 0.3) is 0 Å². The maximum Gasteiger partial charge on any atom is 0.330 e. The van der Waals surface area contributed by atoms with Crippen LogP contribution >= 0.6 is 0 Å². The zero-order valence-electron chi connectivity index (χ0n) is 22.5. The predicted molar refractivity (Wildman–Crippen MR) is 145 cm³/mol. The molecule has 0 radical (unpaired) electrons. The molecule has 1 rings (SSSR count). The van der Waals surface area contributed by atoms with E-state index in [1.807, 2.05) is 44.3 Å². The van der Waals surface area contributed by atoms with Gasteiger partial charge in [0.15, 0.2) is 0 Å². The normalized spacial score (nSPS) is 10.3. The van der Waals surface area contributed by atoms with Gasteiger partial charge in [-0.15, -0.1) is 0 Å². The Balaban J connectivity index is 0.00000144. The Bertz CT molecular complexity index is 753. The molecule has 38 heavy (non-hydrogen) atoms. The summed E-state index contributed by atoms with van der Waals surface area (Å²) in [5.41, 5.74) is 0.667. The Morgan fingerprint density at radius 1 is 0.711 bits per heavy atom. The Hall–Kier alpha value is -3.47. The van der Waals surface area contributed by atoms with E-state index >= 15 is 0 Å². The summed E-state index contributed by atoms with van der Waals surface area (Å²) in [5.74, 6) is -1.56. The van der Waals surface area contributed by atoms with Crippen molar-refractivity contribution in [1.82, 2.24) is 0 Å². The van der Waals surface area contributed by atoms with Crippen LogP contribution in [-0.4, -0.2) is 84.4 Å². The number of carbonyl (C=O) groups is 3. The van der Waals surface area contributed by atoms with Gasteiger partial charge in [-0.05, 0) is 18.6 Å². The average molecular weight is 536 g/mol. The summed E-state index contributed by atoms with van der Waals surface area (Å²) < 4.78 is 31.5. The van der Waals surface area contributed by atoms with Gasteiger partial charge in [0.1, 0.15) is 19.8 Å². The van der Waals surface area contributed by atoms with Crippen LogP contribution in [-0.2, 0) is 42.8 Å². The van der Waals surface area contributed by atoms with E-state index < -0.39 is 23.3 Å². The molecule has 1 aromatic carbocycles. The second-order valence-corrected chi connectivity index (χ2v) is 7.74. The minimum Gasteiger partial charge on any atom is -0.460 e. The number of anilines is 1. The quantitative estimate of drug-likeness (QED) is 0.115. The molecule has 10 nitrogen and oxygen atoms in total. The summed E-state index contributed by atoms with van der Waals surface area (Å²) in [6, 6.07) is 10.1. The van der Waals surface area contributed by atoms with Crippen LogP contribution in [0.1, 0.15) is 13.3 Å². The summed E-state index contributed by atoms with van der Waals surface area (Å²) in [4.78, 5) is 33.2. The fourth-order valence-corrected chi connectivity index (χ4v) is 2.68. The van der Waals surface area contributed by atoms with Gasteiger partial charge in [0.25, 0.3) is 0 Å². The number of ether oxygens (including phenoxy) is 6. The molecule has 0 amide bonds. The van der Waals surface area contributed by atoms with Gasteiger partial charge in [-0.1, -0.05) is 44.9 Å². The van der Waals surface area contributed by atoms with Gasteiger partial charge in [0.05, 0.1) is 39.6 Å². The smallest absolute Gasteiger partial charge is 0.330 e. The molecule has 10 heteroatoms. The van der Waals surface area contributed by atoms with Crippen LogP contribution in [0.2, 0.25) is 0 Å². The van der Waals surface area contributed by atoms with Crippen LogP contribution in [0.4, 0.5) is 5.69 Å². The average Bonchev–Trinajstić information content (AvgIpc) is 2.96. The van der Waals surface area contributed by atoms with E-state index in [4.69, 9.17) is 28.4 Å². The second kappa shape index (κ2) is 22.7. The third-order valence-corrected chi connectivity index (χ3v) is 4.95. The Morgan fingerprint density at radius 3 is 1.34 bits per heavy atom. The van der Waals surface area contributed by atoms with Gasteiger partial charge in [-0.25, -0.2) is 14.4 Å². The van der Waals surface area contributed by atoms with Crippen LogP contribution in [0.15, 0.2) is 68.3 Å². The molecule has 0 aliphatic rings. The van der Waals surface area contributed by atoms with Gasteiger partial charge < -0.3 is 33.7 Å². The van der Waals surface area contributed by atoms with Crippen molar-refractivity contribution in [2.75, 3.05) is 71.8 Å². The van der Waals surface area contributed by atoms with Crippen molar-refractivity contribution >= 4 is 23.6 Å². The van der Waals surface area contributed by atoms with Gasteiger partial charge in [-0.3, -0.25) is 0 Å². The monoisotopic (exact) mass is 535 g/mol. The number of nitrogens with one attached hydrogen (secondary N) is 1. The number of esters is 3. The maximum atomic E-state index is 11.1. The maximum absolute atomic E-state index is 11.1. The largest absolute Gasteiger partial charge is 0.460 e. The van der Waals surface area contributed by atoms with Crippen molar-refractivity contribution in [2.45, 2.75) is 13.3 Å². The molecule has 0 aliphatic heterocycles. The molecule has 1 aromatic rings. The highest BCUT2D eigenvalue weighted by molar-refractivity contribution is 5.81. The lowest BCUT2D eigenvalue weighted by atomic mass is 9.88. The Morgan fingerprint density at radius 2 is 1.08 bits per heavy atom. The minimum absolute atomic E-state index is 0.0986. The molecule has 0 saturated heterocycles. The topological polar surface area (TPSA) is 119 Å². The molecule has 0 unspecified atom stereocenters. The first-order valence-corrected chi connectivity index (χ1v) is 12.2. The number of benzene rings is 1. The van der Waals surface area contributed by atoms with Gasteiger partial charge >= 0.3 is 17.9 Å². The minimum atomic E-state index is -0.518. The molecular formula is C28H41NO9. The van der Waals surface area contributed by atoms with Gasteiger partial charge in [-0.2, -0.15) is 0 Å². The predicted octanol–water partition coefficient (Wildman–Crippen LogP) is 3.35. The van der Waals surface area contributed by atoms with Crippen LogP contribution < -0.4 is 5.32 Å². The highest BCUT2D eigenvalue weighted by Crippen LogP contribution is 2.24. The van der Waals surface area contributed by atoms with E-state index in [-0.39, 0.29) is 59.5 Å². The standard InChI is InChI=1S/C21H32O9.C7H9N/c1-5-18(22)28-12-9-25-15-21(8-4,16-26-10-13-29-19(23)6-2)17-27-11-14-30-20(24)7-3;1-8-7-5-3-2-4-6-7/h5-7H,1-3,8-17H2,4H3;2-6,8H,1H3. The molecule has 212 valence electrons. The zero-order chi connectivity index (χ0) is 28.5. The van der Waals surface area contributed by atoms with E-state index in [0.29, 0.717) is 6.42 Å². The first-order valence-electron chi connectivity index (χ1n) is 12.2. The van der Waals surface area contributed by atoms with Gasteiger partial charge in [0, 0.05) is 36.4 Å². The summed E-state index contributed by atoms with van der Waals surface area (Å²) in [7, 11) is 1.91. The molecule has 0 heterocycles. The summed E-state index contributed by atoms with van der Waals surface area (Å²) in [6.45, 7) is 13.7. The highest BCUT2D eigenvalue weighted by Gasteiger charge is 2.30. The van der Waals surface area contributed by atoms with E-state index in [1.165, 1.54) is 0 Å². The molecular weight excluding hydrogens is 494 g/mol. The van der Waals surface area contributed by atoms with Crippen LogP contribution in [0, 0.1) is 5.41 Å². The number of rotatable bonds is 20. The molecule has 0 atom stereocenters. The molecule has 0 aliphatic carbocycles. The molecule has 0 spiro atoms. The Kier molecular flexibility index (Phi) is 20.6. The molecule has 0 saturated carbocycles. The summed E-state index contributed by atoms with van der Waals surface area (Å²) in [6.07, 6.45) is 3.90. The van der Waals surface area contributed by atoms with Gasteiger partial charge in [0.2, 0.25) is 0 Å². The van der Waals surface area contributed by atoms with E-state index in [2.05, 4.69) is 25.1 Å². The van der Waals surface area contributed by atoms with E-state index in [0.717, 1.165) is 23.9 Å². The molecule has 0 bridgehead atoms. The molecule has 0 aromatic heterocycles. The first kappa shape index (κ1) is 34.5. The number of hydrogen-bond acceptors (Lipinski definition) is 10. The second-order valence-electron chi connectivity index (χ2n) is 7.74. The molecule has 0 fully saturated rings. The van der Waals surface area contributed by atoms with Crippen molar-refractivity contribution in [3.63, 3.8) is 0 Å². The third kappa shape index (κ3) is 17.9. The molecule has 1 N–H and O–H groups in total. The summed E-state index contributed by atoms with van der Waals surface area (Å²) >= 11 is 0. The van der Waals surface area contributed by atoms with E-state index in [9.17, 15) is 14.4 Å². The Labute approximate surface area is 225 Å². The number of hydrogen-bond donors (Lipinski definition) is 1. The highest BCUT2D eigenvalue weighted by atomic mass is 16.6. The van der Waals surface area contributed by atoms with Crippen LogP contribution in [0.5, 0.6) is 0 Å². The van der Waals surface area contributed by atoms with Crippen LogP contribution in [0.3, 0.4) is 0 Å². The lowest BCUT2D eigenvalue weighted by molar-refractivity contribution is -0.141. The third-order valence-electron chi connectivity index (χ3n) is 4.95. The number of para-hydroxylation sites is 1. The summed E-state index contributed by atoms with van der Waals surface area (Å²) in [5, 5.41) is 3.03. The zero-order valence-corrected chi connectivity index (χ0v) is 22.5. The van der Waals surface area contributed by atoms with E-state index in [1.54, 1.807) is 0 Å². The van der Waals surface area contributed by atoms with Crippen molar-refractivity contribution in [2.24, 2.45) is 5.41 Å². The fourth-order valence-electron chi connectivity index (χ4n) is 2.68. The number of carbonyl (C=O) groups excluding carboxylic acids is 3. The van der Waals surface area contributed by atoms with Crippen molar-refractivity contribution in [3.05, 3.63) is 68.3 Å². The lowest BCUT2D eigenvalue weighted by Crippen LogP contribution is -2.38. The SMILES string of the molecule is C=CC(=O)OCCOCC(CC)(COCCOC(=O)C=C)COCCOC(=O)C=C.CNc1ccccc1. The van der Waals surface area contributed by atoms with Crippen molar-refractivity contribution in [1.29, 1.82) is 0 Å². The first-order chi connectivity index (χ1) is 18.4. The lowest BCUT2D eigenvalue weighted by Gasteiger charge is -2.32. The van der Waals surface area contributed by atoms with Crippen molar-refractivity contribution < 1.29 is 42.8 Å². The van der Waals surface area contributed by atoms with Crippen molar-refractivity contribution in [3.8, 4) is 0 Å².